The third-order valence-corrected chi connectivity index (χ3v) is 11.9. The third kappa shape index (κ3) is 1.69. The second-order valence-electron chi connectivity index (χ2n) is 13.0. The number of hydrogen-bond acceptors (Lipinski definition) is 1. The molecule has 9 aliphatic rings. The van der Waals surface area contributed by atoms with Crippen molar-refractivity contribution in [2.45, 2.75) is 66.2 Å². The van der Waals surface area contributed by atoms with Gasteiger partial charge in [0.05, 0.1) is 0 Å². The molecule has 9 aliphatic carbocycles. The fourth-order valence-corrected chi connectivity index (χ4v) is 10.0. The standard InChI is InChI=1S/C27H36O/c1-26(2)13-9-19-15(21(26)11-13)5-7-17-18-8-6-16-20(24(18)25(28)23(17)19)10-14-12-22(16)27(14,3)4/h5-6,13-14,17-24H,7-12H2,1-4H3/t13-,14-,17-,18-,19-,20-,21-,22-,23+,24+/m0/s1. The molecule has 0 N–H and O–H groups in total. The first-order valence-corrected chi connectivity index (χ1v) is 12.2. The molecule has 150 valence electrons. The van der Waals surface area contributed by atoms with Gasteiger partial charge in [0.1, 0.15) is 5.78 Å². The van der Waals surface area contributed by atoms with Gasteiger partial charge in [-0.05, 0) is 96.7 Å². The fourth-order valence-electron chi connectivity index (χ4n) is 10.0. The largest absolute Gasteiger partial charge is 0.299 e. The smallest absolute Gasteiger partial charge is 0.140 e. The molecule has 0 aliphatic heterocycles. The van der Waals surface area contributed by atoms with Crippen LogP contribution in [0.2, 0.25) is 0 Å². The molecular weight excluding hydrogens is 340 g/mol. The van der Waals surface area contributed by atoms with Crippen LogP contribution in [0.25, 0.3) is 0 Å². The highest BCUT2D eigenvalue weighted by Gasteiger charge is 2.66. The van der Waals surface area contributed by atoms with E-state index in [9.17, 15) is 4.79 Å². The van der Waals surface area contributed by atoms with Gasteiger partial charge in [0.2, 0.25) is 0 Å². The summed E-state index contributed by atoms with van der Waals surface area (Å²) in [5.41, 5.74) is 4.44. The molecule has 0 saturated heterocycles. The van der Waals surface area contributed by atoms with E-state index in [1.54, 1.807) is 11.1 Å². The molecule has 7 fully saturated rings. The summed E-state index contributed by atoms with van der Waals surface area (Å²) in [5.74, 6) is 7.35. The number of hydrogen-bond donors (Lipinski definition) is 0. The van der Waals surface area contributed by atoms with Crippen LogP contribution in [-0.2, 0) is 4.79 Å². The van der Waals surface area contributed by atoms with E-state index in [2.05, 4.69) is 39.8 Å². The first-order chi connectivity index (χ1) is 13.3. The van der Waals surface area contributed by atoms with Gasteiger partial charge >= 0.3 is 0 Å². The molecular formula is C27H36O. The molecule has 7 saturated carbocycles. The highest BCUT2D eigenvalue weighted by Crippen LogP contribution is 2.71. The average Bonchev–Trinajstić information content (AvgIpc) is 2.99. The van der Waals surface area contributed by atoms with Gasteiger partial charge in [0.25, 0.3) is 0 Å². The Hall–Kier alpha value is -0.850. The van der Waals surface area contributed by atoms with Crippen LogP contribution in [-0.4, -0.2) is 5.78 Å². The minimum Gasteiger partial charge on any atom is -0.299 e. The molecule has 0 spiro atoms. The van der Waals surface area contributed by atoms with E-state index in [1.165, 1.54) is 38.5 Å². The number of carbonyl (C=O) groups excluding carboxylic acids is 1. The average molecular weight is 377 g/mol. The van der Waals surface area contributed by atoms with Crippen molar-refractivity contribution in [1.29, 1.82) is 0 Å². The molecule has 1 nitrogen and oxygen atoms in total. The van der Waals surface area contributed by atoms with Crippen molar-refractivity contribution in [2.24, 2.45) is 70.0 Å². The molecule has 0 unspecified atom stereocenters. The second-order valence-corrected chi connectivity index (χ2v) is 13.0. The molecule has 10 atom stereocenters. The molecule has 0 amide bonds. The Morgan fingerprint density at radius 2 is 1.14 bits per heavy atom. The van der Waals surface area contributed by atoms with Crippen LogP contribution in [0.5, 0.6) is 0 Å². The maximum atomic E-state index is 14.0. The van der Waals surface area contributed by atoms with Gasteiger partial charge in [-0.1, -0.05) is 51.0 Å². The molecule has 9 rings (SSSR count). The Morgan fingerprint density at radius 3 is 1.54 bits per heavy atom. The molecule has 0 aromatic rings. The summed E-state index contributed by atoms with van der Waals surface area (Å²) in [6.45, 7) is 9.93. The Balaban J connectivity index is 1.23. The lowest BCUT2D eigenvalue weighted by Gasteiger charge is -2.62. The predicted molar refractivity (Wildman–Crippen MR) is 111 cm³/mol. The quantitative estimate of drug-likeness (QED) is 0.470. The van der Waals surface area contributed by atoms with E-state index in [0.29, 0.717) is 46.3 Å². The summed E-state index contributed by atoms with van der Waals surface area (Å²) < 4.78 is 0. The number of Topliss-reactive ketones (excluding diaryl/α,β-unsaturated/α-hetero) is 1. The van der Waals surface area contributed by atoms with E-state index in [-0.39, 0.29) is 0 Å². The summed E-state index contributed by atoms with van der Waals surface area (Å²) in [6.07, 6.45) is 13.1. The van der Waals surface area contributed by atoms with Crippen molar-refractivity contribution in [2.75, 3.05) is 0 Å². The van der Waals surface area contributed by atoms with Crippen molar-refractivity contribution in [3.63, 3.8) is 0 Å². The number of rotatable bonds is 0. The lowest BCUT2D eigenvalue weighted by atomic mass is 9.42. The van der Waals surface area contributed by atoms with Crippen LogP contribution in [0.4, 0.5) is 0 Å². The second kappa shape index (κ2) is 4.89. The highest BCUT2D eigenvalue weighted by atomic mass is 16.1. The summed E-state index contributed by atoms with van der Waals surface area (Å²) >= 11 is 0. The number of carbonyl (C=O) groups is 1. The van der Waals surface area contributed by atoms with Gasteiger partial charge in [0, 0.05) is 11.8 Å². The van der Waals surface area contributed by atoms with Gasteiger partial charge in [0.15, 0.2) is 0 Å². The number of fused-ring (bicyclic) bond motifs is 3. The molecule has 0 heterocycles. The van der Waals surface area contributed by atoms with Crippen molar-refractivity contribution in [3.8, 4) is 0 Å². The number of ketones is 1. The van der Waals surface area contributed by atoms with Crippen LogP contribution in [0, 0.1) is 70.0 Å². The maximum Gasteiger partial charge on any atom is 0.140 e. The molecule has 28 heavy (non-hydrogen) atoms. The van der Waals surface area contributed by atoms with Crippen LogP contribution in [0.15, 0.2) is 23.3 Å². The van der Waals surface area contributed by atoms with E-state index < -0.39 is 0 Å². The van der Waals surface area contributed by atoms with Crippen molar-refractivity contribution < 1.29 is 4.79 Å². The summed E-state index contributed by atoms with van der Waals surface area (Å²) in [5, 5.41) is 0. The Kier molecular flexibility index (Phi) is 2.95. The maximum absolute atomic E-state index is 14.0. The van der Waals surface area contributed by atoms with E-state index in [0.717, 1.165) is 29.5 Å². The van der Waals surface area contributed by atoms with Crippen LogP contribution in [0.3, 0.4) is 0 Å². The molecule has 0 radical (unpaired) electrons. The van der Waals surface area contributed by atoms with Gasteiger partial charge in [-0.25, -0.2) is 0 Å². The van der Waals surface area contributed by atoms with Crippen LogP contribution >= 0.6 is 0 Å². The topological polar surface area (TPSA) is 17.1 Å². The van der Waals surface area contributed by atoms with Crippen molar-refractivity contribution in [1.82, 2.24) is 0 Å². The van der Waals surface area contributed by atoms with Gasteiger partial charge < -0.3 is 0 Å². The Morgan fingerprint density at radius 1 is 0.714 bits per heavy atom. The van der Waals surface area contributed by atoms with Crippen molar-refractivity contribution >= 4 is 5.78 Å². The van der Waals surface area contributed by atoms with E-state index in [1.807, 2.05) is 0 Å². The van der Waals surface area contributed by atoms with Crippen molar-refractivity contribution in [3.05, 3.63) is 23.3 Å². The zero-order valence-corrected chi connectivity index (χ0v) is 18.1. The lowest BCUT2D eigenvalue weighted by molar-refractivity contribution is -0.133. The first-order valence-electron chi connectivity index (χ1n) is 12.2. The van der Waals surface area contributed by atoms with Crippen LogP contribution < -0.4 is 0 Å². The fraction of sp³-hybridized carbons (Fsp3) is 0.815. The normalized spacial score (nSPS) is 56.1. The zero-order chi connectivity index (χ0) is 19.2. The summed E-state index contributed by atoms with van der Waals surface area (Å²) in [4.78, 5) is 14.0. The first kappa shape index (κ1) is 16.9. The monoisotopic (exact) mass is 376 g/mol. The molecule has 0 aromatic heterocycles. The predicted octanol–water partition coefficient (Wildman–Crippen LogP) is 6.06. The van der Waals surface area contributed by atoms with E-state index in [4.69, 9.17) is 0 Å². The van der Waals surface area contributed by atoms with Gasteiger partial charge in [-0.2, -0.15) is 0 Å². The van der Waals surface area contributed by atoms with Gasteiger partial charge in [-0.3, -0.25) is 4.79 Å². The lowest BCUT2D eigenvalue weighted by Crippen LogP contribution is -2.55. The van der Waals surface area contributed by atoms with Gasteiger partial charge in [-0.15, -0.1) is 0 Å². The van der Waals surface area contributed by atoms with E-state index >= 15 is 0 Å². The summed E-state index contributed by atoms with van der Waals surface area (Å²) in [7, 11) is 0. The molecule has 0 aromatic carbocycles. The Bertz CT molecular complexity index is 772. The third-order valence-electron chi connectivity index (χ3n) is 11.9. The van der Waals surface area contributed by atoms with Crippen LogP contribution in [0.1, 0.15) is 66.2 Å². The molecule has 1 heteroatoms. The molecule has 4 bridgehead atoms. The zero-order valence-electron chi connectivity index (χ0n) is 18.1. The Labute approximate surface area is 170 Å². The SMILES string of the molecule is CC1(C)[C@H]2C[C@H]3C(=CC[C@H]4[C@@H]5CC=C6[C@H](C[C@H]7C[C@@H]6C7(C)C)[C@@H]5C(=O)[C@H]43)[C@@H]1C2. The minimum atomic E-state index is 0.385. The number of allylic oxidation sites excluding steroid dienone is 4. The summed E-state index contributed by atoms with van der Waals surface area (Å²) in [6, 6.07) is 0. The highest BCUT2D eigenvalue weighted by molar-refractivity contribution is 5.88. The minimum absolute atomic E-state index is 0.385.